The Bertz CT molecular complexity index is 515. The van der Waals surface area contributed by atoms with Crippen molar-refractivity contribution in [1.29, 1.82) is 0 Å². The van der Waals surface area contributed by atoms with E-state index in [0.717, 1.165) is 11.3 Å². The van der Waals surface area contributed by atoms with E-state index in [0.29, 0.717) is 17.6 Å². The van der Waals surface area contributed by atoms with Gasteiger partial charge in [0.1, 0.15) is 11.5 Å². The third-order valence-corrected chi connectivity index (χ3v) is 5.66. The van der Waals surface area contributed by atoms with Crippen LogP contribution in [0.15, 0.2) is 29.8 Å². The minimum Gasteiger partial charge on any atom is -0.508 e. The highest BCUT2D eigenvalue weighted by molar-refractivity contribution is 5.65. The van der Waals surface area contributed by atoms with Crippen LogP contribution in [0.25, 0.3) is 5.76 Å². The van der Waals surface area contributed by atoms with Crippen molar-refractivity contribution in [1.82, 2.24) is 0 Å². The summed E-state index contributed by atoms with van der Waals surface area (Å²) in [5.41, 5.74) is 2.59. The molecule has 0 aromatic heterocycles. The summed E-state index contributed by atoms with van der Waals surface area (Å²) in [5, 5.41) is 9.88. The van der Waals surface area contributed by atoms with E-state index in [1.807, 2.05) is 12.1 Å². The van der Waals surface area contributed by atoms with Crippen molar-refractivity contribution in [3.05, 3.63) is 35.4 Å². The van der Waals surface area contributed by atoms with Crippen LogP contribution in [0.1, 0.15) is 69.8 Å². The number of hydrogen-bond donors (Lipinski definition) is 1. The van der Waals surface area contributed by atoms with Crippen LogP contribution < -0.4 is 0 Å². The SMILES string of the molecule is COC(=C(C1CCCCC1)C1CCCCC1)c1cccc(O)c1. The molecular formula is C21H30O2. The fraction of sp³-hybridized carbons (Fsp3) is 0.619. The molecule has 0 heterocycles. The minimum atomic E-state index is 0.323. The zero-order valence-corrected chi connectivity index (χ0v) is 14.4. The quantitative estimate of drug-likeness (QED) is 0.700. The maximum absolute atomic E-state index is 9.88. The second-order valence-electron chi connectivity index (χ2n) is 7.21. The lowest BCUT2D eigenvalue weighted by Gasteiger charge is -2.34. The molecule has 1 aromatic rings. The van der Waals surface area contributed by atoms with Gasteiger partial charge in [0.05, 0.1) is 7.11 Å². The van der Waals surface area contributed by atoms with E-state index in [4.69, 9.17) is 4.74 Å². The van der Waals surface area contributed by atoms with Crippen LogP contribution in [0.4, 0.5) is 0 Å². The predicted molar refractivity (Wildman–Crippen MR) is 95.2 cm³/mol. The van der Waals surface area contributed by atoms with Crippen molar-refractivity contribution < 1.29 is 9.84 Å². The zero-order valence-electron chi connectivity index (χ0n) is 14.4. The van der Waals surface area contributed by atoms with Crippen LogP contribution in [0.5, 0.6) is 5.75 Å². The summed E-state index contributed by atoms with van der Waals surface area (Å²) in [4.78, 5) is 0. The number of methoxy groups -OCH3 is 1. The Hall–Kier alpha value is -1.44. The Morgan fingerprint density at radius 3 is 1.96 bits per heavy atom. The van der Waals surface area contributed by atoms with Gasteiger partial charge in [0.15, 0.2) is 0 Å². The molecule has 2 heteroatoms. The van der Waals surface area contributed by atoms with Crippen molar-refractivity contribution in [2.24, 2.45) is 11.8 Å². The Morgan fingerprint density at radius 2 is 1.48 bits per heavy atom. The van der Waals surface area contributed by atoms with Gasteiger partial charge in [-0.2, -0.15) is 0 Å². The average Bonchev–Trinajstić information content (AvgIpc) is 2.61. The Labute approximate surface area is 140 Å². The molecule has 2 saturated carbocycles. The first-order chi connectivity index (χ1) is 11.3. The van der Waals surface area contributed by atoms with Crippen molar-refractivity contribution in [3.63, 3.8) is 0 Å². The van der Waals surface area contributed by atoms with Crippen molar-refractivity contribution >= 4 is 5.76 Å². The number of aromatic hydroxyl groups is 1. The lowest BCUT2D eigenvalue weighted by molar-refractivity contribution is 0.300. The van der Waals surface area contributed by atoms with E-state index in [1.165, 1.54) is 64.2 Å². The smallest absolute Gasteiger partial charge is 0.125 e. The van der Waals surface area contributed by atoms with Gasteiger partial charge in [-0.15, -0.1) is 0 Å². The predicted octanol–water partition coefficient (Wildman–Crippen LogP) is 5.91. The van der Waals surface area contributed by atoms with E-state index < -0.39 is 0 Å². The van der Waals surface area contributed by atoms with E-state index in [1.54, 1.807) is 18.7 Å². The third kappa shape index (κ3) is 3.91. The van der Waals surface area contributed by atoms with Crippen LogP contribution in [-0.2, 0) is 4.74 Å². The molecule has 1 N–H and O–H groups in total. The van der Waals surface area contributed by atoms with E-state index in [9.17, 15) is 5.11 Å². The standard InChI is InChI=1S/C21H30O2/c1-23-21(18-13-8-14-19(22)15-18)20(16-9-4-2-5-10-16)17-11-6-3-7-12-17/h8,13-17,22H,2-7,9-12H2,1H3. The lowest BCUT2D eigenvalue weighted by Crippen LogP contribution is -2.20. The van der Waals surface area contributed by atoms with Gasteiger partial charge >= 0.3 is 0 Å². The molecule has 0 unspecified atom stereocenters. The Morgan fingerprint density at radius 1 is 0.913 bits per heavy atom. The molecule has 2 fully saturated rings. The highest BCUT2D eigenvalue weighted by Gasteiger charge is 2.29. The Balaban J connectivity index is 2.01. The second kappa shape index (κ2) is 7.90. The maximum atomic E-state index is 9.88. The number of allylic oxidation sites excluding steroid dienone is 1. The van der Waals surface area contributed by atoms with Gasteiger partial charge < -0.3 is 9.84 Å². The van der Waals surface area contributed by atoms with Gasteiger partial charge in [-0.05, 0) is 55.2 Å². The van der Waals surface area contributed by atoms with E-state index in [-0.39, 0.29) is 0 Å². The molecule has 0 radical (unpaired) electrons. The molecule has 126 valence electrons. The summed E-state index contributed by atoms with van der Waals surface area (Å²) >= 11 is 0. The maximum Gasteiger partial charge on any atom is 0.125 e. The van der Waals surface area contributed by atoms with E-state index >= 15 is 0 Å². The fourth-order valence-corrected chi connectivity index (χ4v) is 4.58. The van der Waals surface area contributed by atoms with E-state index in [2.05, 4.69) is 6.07 Å². The highest BCUT2D eigenvalue weighted by atomic mass is 16.5. The molecule has 1 aromatic carbocycles. The molecule has 2 aliphatic rings. The molecular weight excluding hydrogens is 284 g/mol. The van der Waals surface area contributed by atoms with Crippen LogP contribution in [0, 0.1) is 11.8 Å². The van der Waals surface area contributed by atoms with Gasteiger partial charge in [-0.3, -0.25) is 0 Å². The zero-order chi connectivity index (χ0) is 16.1. The monoisotopic (exact) mass is 314 g/mol. The molecule has 3 rings (SSSR count). The first kappa shape index (κ1) is 16.4. The molecule has 2 nitrogen and oxygen atoms in total. The molecule has 0 bridgehead atoms. The lowest BCUT2D eigenvalue weighted by atomic mass is 9.72. The third-order valence-electron chi connectivity index (χ3n) is 5.66. The number of rotatable bonds is 4. The molecule has 0 spiro atoms. The van der Waals surface area contributed by atoms with Gasteiger partial charge in [0, 0.05) is 5.56 Å². The summed E-state index contributed by atoms with van der Waals surface area (Å²) in [7, 11) is 1.80. The van der Waals surface area contributed by atoms with Gasteiger partial charge in [0.25, 0.3) is 0 Å². The first-order valence-electron chi connectivity index (χ1n) is 9.37. The second-order valence-corrected chi connectivity index (χ2v) is 7.21. The fourth-order valence-electron chi connectivity index (χ4n) is 4.58. The average molecular weight is 314 g/mol. The largest absolute Gasteiger partial charge is 0.508 e. The topological polar surface area (TPSA) is 29.5 Å². The molecule has 0 atom stereocenters. The summed E-state index contributed by atoms with van der Waals surface area (Å²) in [6.45, 7) is 0. The summed E-state index contributed by atoms with van der Waals surface area (Å²) in [6, 6.07) is 7.58. The summed E-state index contributed by atoms with van der Waals surface area (Å²) in [6.07, 6.45) is 13.3. The van der Waals surface area contributed by atoms with Gasteiger partial charge in [-0.1, -0.05) is 50.7 Å². The van der Waals surface area contributed by atoms with Crippen LogP contribution >= 0.6 is 0 Å². The molecule has 0 aliphatic heterocycles. The van der Waals surface area contributed by atoms with Crippen molar-refractivity contribution in [3.8, 4) is 5.75 Å². The Kier molecular flexibility index (Phi) is 5.64. The first-order valence-corrected chi connectivity index (χ1v) is 9.37. The minimum absolute atomic E-state index is 0.323. The molecule has 0 amide bonds. The number of phenols is 1. The normalized spacial score (nSPS) is 20.2. The van der Waals surface area contributed by atoms with Crippen molar-refractivity contribution in [2.75, 3.05) is 7.11 Å². The molecule has 2 aliphatic carbocycles. The number of benzene rings is 1. The van der Waals surface area contributed by atoms with Crippen LogP contribution in [-0.4, -0.2) is 12.2 Å². The van der Waals surface area contributed by atoms with Gasteiger partial charge in [0.2, 0.25) is 0 Å². The van der Waals surface area contributed by atoms with Crippen LogP contribution in [0.3, 0.4) is 0 Å². The van der Waals surface area contributed by atoms with Crippen molar-refractivity contribution in [2.45, 2.75) is 64.2 Å². The van der Waals surface area contributed by atoms with Crippen LogP contribution in [0.2, 0.25) is 0 Å². The summed E-state index contributed by atoms with van der Waals surface area (Å²) in [5.74, 6) is 2.71. The number of ether oxygens (including phenoxy) is 1. The molecule has 23 heavy (non-hydrogen) atoms. The highest BCUT2D eigenvalue weighted by Crippen LogP contribution is 2.43. The molecule has 0 saturated heterocycles. The number of hydrogen-bond acceptors (Lipinski definition) is 2. The summed E-state index contributed by atoms with van der Waals surface area (Å²) < 4.78 is 5.93. The van der Waals surface area contributed by atoms with Gasteiger partial charge in [-0.25, -0.2) is 0 Å². The number of phenolic OH excluding ortho intramolecular Hbond substituents is 1.